The largest absolute Gasteiger partial charge is 0.353 e. The van der Waals surface area contributed by atoms with Crippen molar-refractivity contribution in [3.8, 4) is 0 Å². The quantitative estimate of drug-likeness (QED) is 0.867. The zero-order valence-corrected chi connectivity index (χ0v) is 13.2. The summed E-state index contributed by atoms with van der Waals surface area (Å²) in [5.41, 5.74) is 1.06. The first-order chi connectivity index (χ1) is 10.2. The van der Waals surface area contributed by atoms with Crippen LogP contribution in [0, 0.1) is 0 Å². The third kappa shape index (κ3) is 2.86. The van der Waals surface area contributed by atoms with Gasteiger partial charge in [-0.3, -0.25) is 0 Å². The zero-order valence-electron chi connectivity index (χ0n) is 13.2. The molecule has 1 fully saturated rings. The van der Waals surface area contributed by atoms with E-state index in [-0.39, 0.29) is 0 Å². The summed E-state index contributed by atoms with van der Waals surface area (Å²) in [5, 5.41) is 1.17. The summed E-state index contributed by atoms with van der Waals surface area (Å²) in [6.07, 6.45) is 0. The number of benzene rings is 1. The summed E-state index contributed by atoms with van der Waals surface area (Å²) in [5.74, 6) is 2.41. The Morgan fingerprint density at radius 2 is 1.76 bits per heavy atom. The Hall–Kier alpha value is -1.68. The molecule has 1 aliphatic heterocycles. The van der Waals surface area contributed by atoms with Crippen LogP contribution in [-0.4, -0.2) is 47.6 Å². The smallest absolute Gasteiger partial charge is 0.140 e. The van der Waals surface area contributed by atoms with E-state index >= 15 is 0 Å². The molecule has 0 aliphatic carbocycles. The average Bonchev–Trinajstić information content (AvgIpc) is 2.54. The Morgan fingerprint density at radius 1 is 1.05 bits per heavy atom. The van der Waals surface area contributed by atoms with E-state index in [0.29, 0.717) is 5.92 Å². The van der Waals surface area contributed by atoms with Crippen molar-refractivity contribution in [3.63, 3.8) is 0 Å². The number of likely N-dealkylation sites (N-methyl/N-ethyl adjacent to an activating group) is 1. The molecular formula is C17H24N4. The molecule has 1 aromatic heterocycles. The van der Waals surface area contributed by atoms with Crippen LogP contribution in [0.5, 0.6) is 0 Å². The van der Waals surface area contributed by atoms with Crippen molar-refractivity contribution in [2.24, 2.45) is 0 Å². The highest BCUT2D eigenvalue weighted by Gasteiger charge is 2.20. The van der Waals surface area contributed by atoms with Gasteiger partial charge in [0.15, 0.2) is 0 Å². The molecule has 0 N–H and O–H groups in total. The van der Waals surface area contributed by atoms with E-state index < -0.39 is 0 Å². The molecule has 2 heterocycles. The monoisotopic (exact) mass is 284 g/mol. The van der Waals surface area contributed by atoms with Crippen molar-refractivity contribution >= 4 is 16.7 Å². The summed E-state index contributed by atoms with van der Waals surface area (Å²) in [6, 6.07) is 8.36. The predicted octanol–water partition coefficient (Wildman–Crippen LogP) is 2.90. The lowest BCUT2D eigenvalue weighted by molar-refractivity contribution is 0.270. The molecule has 1 saturated heterocycles. The van der Waals surface area contributed by atoms with E-state index in [2.05, 4.69) is 54.8 Å². The molecule has 1 aromatic carbocycles. The van der Waals surface area contributed by atoms with Crippen molar-refractivity contribution in [2.45, 2.75) is 26.7 Å². The molecule has 0 amide bonds. The summed E-state index contributed by atoms with van der Waals surface area (Å²) in [7, 11) is 0. The first-order valence-corrected chi connectivity index (χ1v) is 7.93. The highest BCUT2D eigenvalue weighted by atomic mass is 15.3. The summed E-state index contributed by atoms with van der Waals surface area (Å²) < 4.78 is 0. The van der Waals surface area contributed by atoms with Gasteiger partial charge < -0.3 is 9.80 Å². The van der Waals surface area contributed by atoms with Gasteiger partial charge in [0.05, 0.1) is 5.52 Å². The minimum Gasteiger partial charge on any atom is -0.353 e. The van der Waals surface area contributed by atoms with Crippen molar-refractivity contribution < 1.29 is 0 Å². The van der Waals surface area contributed by atoms with Gasteiger partial charge >= 0.3 is 0 Å². The number of nitrogens with zero attached hydrogens (tertiary/aromatic N) is 4. The van der Waals surface area contributed by atoms with E-state index in [4.69, 9.17) is 9.97 Å². The van der Waals surface area contributed by atoms with Gasteiger partial charge in [0.2, 0.25) is 0 Å². The average molecular weight is 284 g/mol. The van der Waals surface area contributed by atoms with Gasteiger partial charge in [-0.2, -0.15) is 0 Å². The lowest BCUT2D eigenvalue weighted by Gasteiger charge is -2.35. The number of fused-ring (bicyclic) bond motifs is 1. The van der Waals surface area contributed by atoms with Crippen LogP contribution in [0.15, 0.2) is 24.3 Å². The van der Waals surface area contributed by atoms with Crippen LogP contribution >= 0.6 is 0 Å². The molecule has 0 bridgehead atoms. The molecule has 4 nitrogen and oxygen atoms in total. The maximum Gasteiger partial charge on any atom is 0.140 e. The lowest BCUT2D eigenvalue weighted by Crippen LogP contribution is -2.46. The fourth-order valence-corrected chi connectivity index (χ4v) is 2.85. The molecule has 0 radical (unpaired) electrons. The molecule has 1 aliphatic rings. The zero-order chi connectivity index (χ0) is 14.8. The highest BCUT2D eigenvalue weighted by molar-refractivity contribution is 5.89. The normalized spacial score (nSPS) is 16.9. The SMILES string of the molecule is CCN1CCN(c2nc(C(C)C)nc3ccccc23)CC1. The number of hydrogen-bond acceptors (Lipinski definition) is 4. The Balaban J connectivity index is 2.00. The second-order valence-corrected chi connectivity index (χ2v) is 6.00. The fourth-order valence-electron chi connectivity index (χ4n) is 2.85. The topological polar surface area (TPSA) is 32.3 Å². The number of para-hydroxylation sites is 1. The Bertz CT molecular complexity index is 615. The lowest BCUT2D eigenvalue weighted by atomic mass is 10.1. The summed E-state index contributed by atoms with van der Waals surface area (Å²) in [4.78, 5) is 14.5. The van der Waals surface area contributed by atoms with E-state index in [0.717, 1.165) is 49.9 Å². The number of hydrogen-bond donors (Lipinski definition) is 0. The van der Waals surface area contributed by atoms with Gasteiger partial charge in [0.25, 0.3) is 0 Å². The fraction of sp³-hybridized carbons (Fsp3) is 0.529. The van der Waals surface area contributed by atoms with E-state index in [1.807, 2.05) is 0 Å². The second-order valence-electron chi connectivity index (χ2n) is 6.00. The van der Waals surface area contributed by atoms with Crippen molar-refractivity contribution in [3.05, 3.63) is 30.1 Å². The first kappa shape index (κ1) is 14.3. The Kier molecular flexibility index (Phi) is 4.06. The van der Waals surface area contributed by atoms with Gasteiger partial charge in [-0.1, -0.05) is 32.9 Å². The number of rotatable bonds is 3. The molecule has 2 aromatic rings. The third-order valence-electron chi connectivity index (χ3n) is 4.24. The minimum atomic E-state index is 0.352. The first-order valence-electron chi connectivity index (χ1n) is 7.93. The molecule has 0 saturated carbocycles. The molecule has 0 atom stereocenters. The van der Waals surface area contributed by atoms with Crippen molar-refractivity contribution in [1.29, 1.82) is 0 Å². The maximum absolute atomic E-state index is 4.87. The van der Waals surface area contributed by atoms with Gasteiger partial charge in [-0.05, 0) is 18.7 Å². The second kappa shape index (κ2) is 5.98. The summed E-state index contributed by atoms with van der Waals surface area (Å²) in [6.45, 7) is 12.0. The number of piperazine rings is 1. The van der Waals surface area contributed by atoms with Crippen LogP contribution in [-0.2, 0) is 0 Å². The van der Waals surface area contributed by atoms with E-state index in [1.54, 1.807) is 0 Å². The molecule has 21 heavy (non-hydrogen) atoms. The van der Waals surface area contributed by atoms with Crippen LogP contribution in [0.2, 0.25) is 0 Å². The van der Waals surface area contributed by atoms with Crippen molar-refractivity contribution in [2.75, 3.05) is 37.6 Å². The van der Waals surface area contributed by atoms with E-state index in [9.17, 15) is 0 Å². The van der Waals surface area contributed by atoms with Crippen LogP contribution < -0.4 is 4.90 Å². The van der Waals surface area contributed by atoms with E-state index in [1.165, 1.54) is 5.39 Å². The van der Waals surface area contributed by atoms with Gasteiger partial charge in [-0.15, -0.1) is 0 Å². The molecule has 4 heteroatoms. The Labute approximate surface area is 126 Å². The van der Waals surface area contributed by atoms with Gasteiger partial charge in [-0.25, -0.2) is 9.97 Å². The van der Waals surface area contributed by atoms with Gasteiger partial charge in [0.1, 0.15) is 11.6 Å². The van der Waals surface area contributed by atoms with Crippen LogP contribution in [0.1, 0.15) is 32.5 Å². The third-order valence-corrected chi connectivity index (χ3v) is 4.24. The van der Waals surface area contributed by atoms with Gasteiger partial charge in [0, 0.05) is 37.5 Å². The minimum absolute atomic E-state index is 0.352. The molecule has 0 spiro atoms. The summed E-state index contributed by atoms with van der Waals surface area (Å²) >= 11 is 0. The van der Waals surface area contributed by atoms with Crippen molar-refractivity contribution in [1.82, 2.24) is 14.9 Å². The molecule has 112 valence electrons. The Morgan fingerprint density at radius 3 is 2.43 bits per heavy atom. The molecule has 3 rings (SSSR count). The van der Waals surface area contributed by atoms with Crippen LogP contribution in [0.25, 0.3) is 10.9 Å². The maximum atomic E-state index is 4.87. The highest BCUT2D eigenvalue weighted by Crippen LogP contribution is 2.26. The molecule has 0 unspecified atom stereocenters. The number of aromatic nitrogens is 2. The number of anilines is 1. The standard InChI is InChI=1S/C17H24N4/c1-4-20-9-11-21(12-10-20)17-14-7-5-6-8-15(14)18-16(19-17)13(2)3/h5-8,13H,4,9-12H2,1-3H3. The van der Waals surface area contributed by atoms with Crippen LogP contribution in [0.3, 0.4) is 0 Å². The van der Waals surface area contributed by atoms with Crippen LogP contribution in [0.4, 0.5) is 5.82 Å². The molecular weight excluding hydrogens is 260 g/mol. The predicted molar refractivity (Wildman–Crippen MR) is 88.0 cm³/mol.